The zero-order valence-electron chi connectivity index (χ0n) is 27.1. The van der Waals surface area contributed by atoms with Gasteiger partial charge in [-0.05, 0) is 96.9 Å². The van der Waals surface area contributed by atoms with Crippen molar-refractivity contribution in [3.63, 3.8) is 0 Å². The number of nitrogens with zero attached hydrogens (tertiary/aromatic N) is 3. The second-order valence-corrected chi connectivity index (χ2v) is 13.4. The minimum Gasteiger partial charge on any atom is -0.309 e. The number of benzene rings is 9. The van der Waals surface area contributed by atoms with E-state index in [1.807, 2.05) is 6.07 Å². The second-order valence-electron chi connectivity index (χ2n) is 13.4. The third kappa shape index (κ3) is 4.04. The molecule has 3 heteroatoms. The zero-order chi connectivity index (χ0) is 32.8. The summed E-state index contributed by atoms with van der Waals surface area (Å²) in [5, 5.41) is 14.3. The Morgan fingerprint density at radius 2 is 1.10 bits per heavy atom. The first-order valence-electron chi connectivity index (χ1n) is 17.2. The van der Waals surface area contributed by atoms with Crippen molar-refractivity contribution < 1.29 is 0 Å². The quantitative estimate of drug-likeness (QED) is 0.173. The topological polar surface area (TPSA) is 29.6 Å². The first-order valence-corrected chi connectivity index (χ1v) is 17.2. The van der Waals surface area contributed by atoms with E-state index in [1.54, 1.807) is 0 Å². The average Bonchev–Trinajstić information content (AvgIpc) is 3.76. The van der Waals surface area contributed by atoms with Crippen LogP contribution in [0.5, 0.6) is 0 Å². The number of hydrogen-bond donors (Lipinski definition) is 0. The summed E-state index contributed by atoms with van der Waals surface area (Å²) in [6.45, 7) is 0. The van der Waals surface area contributed by atoms with Crippen LogP contribution < -0.4 is 10.7 Å². The molecule has 50 heavy (non-hydrogen) atoms. The molecular weight excluding hydrogens is 607 g/mol. The third-order valence-corrected chi connectivity index (χ3v) is 10.5. The minimum atomic E-state index is -0.215. The molecule has 11 rings (SSSR count). The second kappa shape index (κ2) is 10.5. The molecule has 1 aliphatic rings. The van der Waals surface area contributed by atoms with Crippen molar-refractivity contribution in [1.82, 2.24) is 4.57 Å². The van der Waals surface area contributed by atoms with Crippen LogP contribution in [0.25, 0.3) is 81.7 Å². The number of aromatic nitrogens is 1. The number of fused-ring (bicyclic) bond motifs is 11. The Morgan fingerprint density at radius 3 is 2.00 bits per heavy atom. The van der Waals surface area contributed by atoms with E-state index in [-0.39, 0.29) is 6.17 Å². The van der Waals surface area contributed by atoms with Gasteiger partial charge in [0.1, 0.15) is 0 Å². The van der Waals surface area contributed by atoms with Crippen molar-refractivity contribution >= 4 is 64.9 Å². The van der Waals surface area contributed by atoms with E-state index in [4.69, 9.17) is 9.98 Å². The van der Waals surface area contributed by atoms with Crippen molar-refractivity contribution in [3.8, 4) is 16.8 Å². The molecule has 0 amide bonds. The normalized spacial score (nSPS) is 14.1. The Morgan fingerprint density at radius 1 is 0.400 bits per heavy atom. The van der Waals surface area contributed by atoms with Gasteiger partial charge in [0.15, 0.2) is 6.17 Å². The molecule has 10 aromatic rings. The van der Waals surface area contributed by atoms with Crippen molar-refractivity contribution in [3.05, 3.63) is 186 Å². The Kier molecular flexibility index (Phi) is 5.73. The third-order valence-electron chi connectivity index (χ3n) is 10.5. The predicted molar refractivity (Wildman–Crippen MR) is 208 cm³/mol. The van der Waals surface area contributed by atoms with Crippen LogP contribution in [0.4, 0.5) is 0 Å². The highest BCUT2D eigenvalue weighted by Gasteiger charge is 2.18. The van der Waals surface area contributed by atoms with E-state index in [9.17, 15) is 0 Å². The zero-order valence-corrected chi connectivity index (χ0v) is 27.1. The average molecular weight is 636 g/mol. The van der Waals surface area contributed by atoms with E-state index in [0.717, 1.165) is 22.0 Å². The van der Waals surface area contributed by atoms with Crippen molar-refractivity contribution in [2.45, 2.75) is 6.17 Å². The summed E-state index contributed by atoms with van der Waals surface area (Å²) in [6.07, 6.45) is -0.215. The lowest BCUT2D eigenvalue weighted by atomic mass is 9.96. The van der Waals surface area contributed by atoms with Crippen LogP contribution in [-0.2, 0) is 0 Å². The fourth-order valence-electron chi connectivity index (χ4n) is 8.16. The number of hydrogen-bond acceptors (Lipinski definition) is 2. The van der Waals surface area contributed by atoms with Crippen LogP contribution in [0.15, 0.2) is 180 Å². The summed E-state index contributed by atoms with van der Waals surface area (Å²) < 4.78 is 2.44. The summed E-state index contributed by atoms with van der Waals surface area (Å²) in [6, 6.07) is 61.6. The van der Waals surface area contributed by atoms with Gasteiger partial charge in [-0.3, -0.25) is 9.98 Å². The molecule has 2 heterocycles. The molecule has 3 nitrogen and oxygen atoms in total. The van der Waals surface area contributed by atoms with Crippen LogP contribution in [0, 0.1) is 0 Å². The SMILES string of the molecule is c1ccc(C2N=c3ccc4ccc5ccc(-c6cccc(-n7c8cc9ccccc9cc8c8c9ccccc9ccc87)c6)cc5c4c3=N2)cc1. The van der Waals surface area contributed by atoms with Gasteiger partial charge >= 0.3 is 0 Å². The van der Waals surface area contributed by atoms with Crippen molar-refractivity contribution in [1.29, 1.82) is 0 Å². The molecule has 9 aromatic carbocycles. The first-order chi connectivity index (χ1) is 24.8. The maximum absolute atomic E-state index is 5.18. The molecule has 232 valence electrons. The van der Waals surface area contributed by atoms with E-state index in [0.29, 0.717) is 0 Å². The lowest BCUT2D eigenvalue weighted by Crippen LogP contribution is -2.22. The van der Waals surface area contributed by atoms with Crippen LogP contribution in [0.1, 0.15) is 11.7 Å². The Bertz CT molecular complexity index is 3150. The summed E-state index contributed by atoms with van der Waals surface area (Å²) in [7, 11) is 0. The fourth-order valence-corrected chi connectivity index (χ4v) is 8.16. The number of rotatable bonds is 3. The molecule has 0 bridgehead atoms. The van der Waals surface area contributed by atoms with Crippen molar-refractivity contribution in [2.75, 3.05) is 0 Å². The standard InChI is InChI=1S/C47H29N3/c1-2-10-32(11-3-1)47-48-41-23-21-31-19-17-30-18-20-36(26-39(30)44(31)46(41)49-47)33-14-8-15-37(25-33)50-42-24-22-29-9-6-7-16-38(29)45(42)40-27-34-12-4-5-13-35(34)28-43(40)50/h1-28,47H. The molecule has 1 aliphatic heterocycles. The Labute approximate surface area is 287 Å². The van der Waals surface area contributed by atoms with Crippen LogP contribution in [0.3, 0.4) is 0 Å². The summed E-state index contributed by atoms with van der Waals surface area (Å²) in [4.78, 5) is 10.2. The van der Waals surface area contributed by atoms with Crippen molar-refractivity contribution in [2.24, 2.45) is 9.98 Å². The lowest BCUT2D eigenvalue weighted by molar-refractivity contribution is 0.772. The van der Waals surface area contributed by atoms with Crippen LogP contribution >= 0.6 is 0 Å². The van der Waals surface area contributed by atoms with Gasteiger partial charge in [0.2, 0.25) is 0 Å². The van der Waals surface area contributed by atoms with Gasteiger partial charge in [-0.1, -0.05) is 127 Å². The smallest absolute Gasteiger partial charge is 0.166 e. The maximum atomic E-state index is 5.18. The van der Waals surface area contributed by atoms with Gasteiger partial charge in [0.05, 0.1) is 21.7 Å². The van der Waals surface area contributed by atoms with E-state index in [2.05, 4.69) is 168 Å². The van der Waals surface area contributed by atoms with Crippen LogP contribution in [-0.4, -0.2) is 4.57 Å². The van der Waals surface area contributed by atoms with Gasteiger partial charge in [-0.25, -0.2) is 0 Å². The monoisotopic (exact) mass is 635 g/mol. The van der Waals surface area contributed by atoms with Gasteiger partial charge < -0.3 is 4.57 Å². The molecule has 0 saturated carbocycles. The molecule has 0 aliphatic carbocycles. The molecule has 0 N–H and O–H groups in total. The highest BCUT2D eigenvalue weighted by Crippen LogP contribution is 2.39. The maximum Gasteiger partial charge on any atom is 0.166 e. The largest absolute Gasteiger partial charge is 0.309 e. The molecule has 0 fully saturated rings. The summed E-state index contributed by atoms with van der Waals surface area (Å²) >= 11 is 0. The van der Waals surface area contributed by atoms with Gasteiger partial charge in [0.25, 0.3) is 0 Å². The summed E-state index contributed by atoms with van der Waals surface area (Å²) in [5.74, 6) is 0. The molecule has 0 radical (unpaired) electrons. The lowest BCUT2D eigenvalue weighted by Gasteiger charge is -2.12. The minimum absolute atomic E-state index is 0.215. The summed E-state index contributed by atoms with van der Waals surface area (Å²) in [5.41, 5.74) is 7.03. The van der Waals surface area contributed by atoms with E-state index >= 15 is 0 Å². The van der Waals surface area contributed by atoms with Gasteiger partial charge in [-0.15, -0.1) is 0 Å². The van der Waals surface area contributed by atoms with Gasteiger partial charge in [0, 0.05) is 21.8 Å². The molecule has 1 atom stereocenters. The highest BCUT2D eigenvalue weighted by molar-refractivity contribution is 6.23. The highest BCUT2D eigenvalue weighted by atomic mass is 15.0. The molecule has 0 saturated heterocycles. The molecule has 0 spiro atoms. The van der Waals surface area contributed by atoms with E-state index in [1.165, 1.54) is 76.0 Å². The fraction of sp³-hybridized carbons (Fsp3) is 0.0213. The molecule has 1 unspecified atom stereocenters. The molecular formula is C47H29N3. The van der Waals surface area contributed by atoms with Crippen LogP contribution in [0.2, 0.25) is 0 Å². The first kappa shape index (κ1) is 27.4. The predicted octanol–water partition coefficient (Wildman–Crippen LogP) is 11.0. The Balaban J connectivity index is 1.13. The molecule has 1 aromatic heterocycles. The van der Waals surface area contributed by atoms with E-state index < -0.39 is 0 Å². The van der Waals surface area contributed by atoms with Gasteiger partial charge in [-0.2, -0.15) is 0 Å². The Hall–Kier alpha value is -6.58.